The maximum Gasteiger partial charge on any atom is 0.00670 e. The van der Waals surface area contributed by atoms with Gasteiger partial charge in [0.2, 0.25) is 0 Å². The van der Waals surface area contributed by atoms with E-state index in [1.807, 2.05) is 0 Å². The molecule has 0 rings (SSSR count). The summed E-state index contributed by atoms with van der Waals surface area (Å²) in [6.45, 7) is 7.01. The van der Waals surface area contributed by atoms with Gasteiger partial charge in [0.1, 0.15) is 0 Å². The second-order valence-corrected chi connectivity index (χ2v) is 10.0. The molecule has 1 N–H and O–H groups in total. The molecule has 0 aromatic heterocycles. The van der Waals surface area contributed by atoms with Gasteiger partial charge in [-0.1, -0.05) is 129 Å². The molecule has 0 bridgehead atoms. The molecule has 0 heterocycles. The molecule has 0 aromatic carbocycles. The van der Waals surface area contributed by atoms with Crippen molar-refractivity contribution < 1.29 is 0 Å². The minimum absolute atomic E-state index is 0.765. The molecule has 0 aliphatic rings. The second kappa shape index (κ2) is 25.2. The topological polar surface area (TPSA) is 15.3 Å². The molecule has 0 unspecified atom stereocenters. The first-order valence-corrected chi connectivity index (χ1v) is 14.1. The first-order valence-electron chi connectivity index (χ1n) is 14.1. The lowest BCUT2D eigenvalue weighted by atomic mass is 9.99. The van der Waals surface area contributed by atoms with E-state index in [-0.39, 0.29) is 0 Å². The number of nitrogens with one attached hydrogen (secondary N) is 1. The minimum atomic E-state index is 0.765. The van der Waals surface area contributed by atoms with Gasteiger partial charge in [0.25, 0.3) is 0 Å². The van der Waals surface area contributed by atoms with Crippen LogP contribution in [-0.2, 0) is 0 Å². The summed E-state index contributed by atoms with van der Waals surface area (Å²) in [5.41, 5.74) is 0. The quantitative estimate of drug-likeness (QED) is 0.147. The third kappa shape index (κ3) is 24.2. The molecule has 30 heavy (non-hydrogen) atoms. The van der Waals surface area contributed by atoms with Crippen LogP contribution in [-0.4, -0.2) is 38.1 Å². The van der Waals surface area contributed by atoms with Crippen LogP contribution in [0.4, 0.5) is 0 Å². The second-order valence-electron chi connectivity index (χ2n) is 10.0. The summed E-state index contributed by atoms with van der Waals surface area (Å²) in [7, 11) is 4.37. The number of unbranched alkanes of at least 4 members (excludes halogenated alkanes) is 16. The van der Waals surface area contributed by atoms with Crippen molar-refractivity contribution in [2.24, 2.45) is 0 Å². The zero-order valence-electron chi connectivity index (χ0n) is 21.8. The minimum Gasteiger partial charge on any atom is -0.314 e. The van der Waals surface area contributed by atoms with Crippen LogP contribution >= 0.6 is 0 Å². The van der Waals surface area contributed by atoms with Gasteiger partial charge >= 0.3 is 0 Å². The van der Waals surface area contributed by atoms with Crippen molar-refractivity contribution in [1.82, 2.24) is 10.2 Å². The Labute approximate surface area is 192 Å². The van der Waals surface area contributed by atoms with E-state index in [1.165, 1.54) is 148 Å². The molecule has 0 amide bonds. The molecule has 182 valence electrons. The highest BCUT2D eigenvalue weighted by Gasteiger charge is 2.08. The smallest absolute Gasteiger partial charge is 0.00670 e. The molecule has 0 aromatic rings. The Morgan fingerprint density at radius 2 is 0.867 bits per heavy atom. The molecule has 2 nitrogen and oxygen atoms in total. The van der Waals surface area contributed by atoms with Crippen molar-refractivity contribution in [2.75, 3.05) is 27.2 Å². The predicted octanol–water partition coefficient (Wildman–Crippen LogP) is 8.74. The van der Waals surface area contributed by atoms with E-state index >= 15 is 0 Å². The standard InChI is InChI=1S/C28H60N2/c1-5-7-9-11-13-15-17-19-21-24-28(29-26-23-27-30(3)4)25-22-20-18-16-14-12-10-8-6-2/h28-29H,5-27H2,1-4H3. The largest absolute Gasteiger partial charge is 0.314 e. The fraction of sp³-hybridized carbons (Fsp3) is 1.00. The third-order valence-corrected chi connectivity index (χ3v) is 6.53. The SMILES string of the molecule is CCCCCCCCCCCC(CCCCCCCCCCC)NCCCN(C)C. The predicted molar refractivity (Wildman–Crippen MR) is 139 cm³/mol. The number of nitrogens with zero attached hydrogens (tertiary/aromatic N) is 1. The molecule has 2 heteroatoms. The first kappa shape index (κ1) is 29.9. The lowest BCUT2D eigenvalue weighted by Crippen LogP contribution is -2.31. The fourth-order valence-corrected chi connectivity index (χ4v) is 4.45. The van der Waals surface area contributed by atoms with E-state index in [2.05, 4.69) is 38.2 Å². The highest BCUT2D eigenvalue weighted by atomic mass is 15.1. The van der Waals surface area contributed by atoms with E-state index in [4.69, 9.17) is 0 Å². The van der Waals surface area contributed by atoms with Gasteiger partial charge < -0.3 is 10.2 Å². The summed E-state index contributed by atoms with van der Waals surface area (Å²) in [5, 5.41) is 3.90. The number of rotatable bonds is 25. The van der Waals surface area contributed by atoms with E-state index in [0.717, 1.165) is 6.04 Å². The Kier molecular flexibility index (Phi) is 25.1. The molecule has 0 radical (unpaired) electrons. The summed E-state index contributed by atoms with van der Waals surface area (Å²) in [6.07, 6.45) is 30.0. The van der Waals surface area contributed by atoms with E-state index in [0.29, 0.717) is 0 Å². The van der Waals surface area contributed by atoms with Gasteiger partial charge in [-0.25, -0.2) is 0 Å². The maximum absolute atomic E-state index is 3.90. The van der Waals surface area contributed by atoms with E-state index in [1.54, 1.807) is 0 Å². The summed E-state index contributed by atoms with van der Waals surface area (Å²) in [6, 6.07) is 0.765. The van der Waals surface area contributed by atoms with Crippen LogP contribution in [0.25, 0.3) is 0 Å². The van der Waals surface area contributed by atoms with Crippen molar-refractivity contribution in [1.29, 1.82) is 0 Å². The van der Waals surface area contributed by atoms with Gasteiger partial charge in [-0.15, -0.1) is 0 Å². The van der Waals surface area contributed by atoms with Crippen LogP contribution in [0.3, 0.4) is 0 Å². The molecule has 0 saturated heterocycles. The van der Waals surface area contributed by atoms with E-state index < -0.39 is 0 Å². The molecular weight excluding hydrogens is 364 g/mol. The Morgan fingerprint density at radius 3 is 1.23 bits per heavy atom. The average Bonchev–Trinajstić information content (AvgIpc) is 2.73. The molecule has 0 aliphatic heterocycles. The van der Waals surface area contributed by atoms with Crippen molar-refractivity contribution in [3.63, 3.8) is 0 Å². The summed E-state index contributed by atoms with van der Waals surface area (Å²) in [5.74, 6) is 0. The van der Waals surface area contributed by atoms with Crippen LogP contribution in [0.2, 0.25) is 0 Å². The zero-order valence-corrected chi connectivity index (χ0v) is 21.8. The Balaban J connectivity index is 3.77. The lowest BCUT2D eigenvalue weighted by Gasteiger charge is -2.20. The van der Waals surface area contributed by atoms with Crippen LogP contribution in [0.5, 0.6) is 0 Å². The van der Waals surface area contributed by atoms with Gasteiger partial charge in [0.05, 0.1) is 0 Å². The number of hydrogen-bond acceptors (Lipinski definition) is 2. The Bertz CT molecular complexity index is 281. The van der Waals surface area contributed by atoms with Crippen molar-refractivity contribution in [3.8, 4) is 0 Å². The fourth-order valence-electron chi connectivity index (χ4n) is 4.45. The van der Waals surface area contributed by atoms with Crippen LogP contribution in [0.15, 0.2) is 0 Å². The third-order valence-electron chi connectivity index (χ3n) is 6.53. The Hall–Kier alpha value is -0.0800. The molecule has 0 aliphatic carbocycles. The number of hydrogen-bond donors (Lipinski definition) is 1. The van der Waals surface area contributed by atoms with Crippen LogP contribution < -0.4 is 5.32 Å². The zero-order chi connectivity index (χ0) is 22.1. The average molecular weight is 425 g/mol. The normalized spacial score (nSPS) is 11.8. The Morgan fingerprint density at radius 1 is 0.500 bits per heavy atom. The molecule has 0 spiro atoms. The highest BCUT2D eigenvalue weighted by molar-refractivity contribution is 4.68. The molecular formula is C28H60N2. The van der Waals surface area contributed by atoms with E-state index in [9.17, 15) is 0 Å². The maximum atomic E-state index is 3.90. The van der Waals surface area contributed by atoms with Crippen LogP contribution in [0.1, 0.15) is 149 Å². The van der Waals surface area contributed by atoms with Gasteiger partial charge in [-0.05, 0) is 46.4 Å². The molecule has 0 atom stereocenters. The summed E-state index contributed by atoms with van der Waals surface area (Å²) in [4.78, 5) is 2.30. The van der Waals surface area contributed by atoms with Gasteiger partial charge in [-0.2, -0.15) is 0 Å². The summed E-state index contributed by atoms with van der Waals surface area (Å²) >= 11 is 0. The first-order chi connectivity index (χ1) is 14.7. The van der Waals surface area contributed by atoms with Crippen molar-refractivity contribution in [2.45, 2.75) is 155 Å². The summed E-state index contributed by atoms with van der Waals surface area (Å²) < 4.78 is 0. The van der Waals surface area contributed by atoms with Gasteiger partial charge in [0.15, 0.2) is 0 Å². The molecule has 0 fully saturated rings. The highest BCUT2D eigenvalue weighted by Crippen LogP contribution is 2.16. The monoisotopic (exact) mass is 424 g/mol. The molecule has 0 saturated carbocycles. The van der Waals surface area contributed by atoms with Gasteiger partial charge in [-0.3, -0.25) is 0 Å². The van der Waals surface area contributed by atoms with Crippen LogP contribution in [0, 0.1) is 0 Å². The van der Waals surface area contributed by atoms with Crippen molar-refractivity contribution >= 4 is 0 Å². The lowest BCUT2D eigenvalue weighted by molar-refractivity contribution is 0.368. The van der Waals surface area contributed by atoms with Gasteiger partial charge in [0, 0.05) is 6.04 Å². The van der Waals surface area contributed by atoms with Crippen molar-refractivity contribution in [3.05, 3.63) is 0 Å².